The van der Waals surface area contributed by atoms with Crippen LogP contribution in [0.15, 0.2) is 48.8 Å². The van der Waals surface area contributed by atoms with Crippen molar-refractivity contribution in [1.29, 1.82) is 0 Å². The van der Waals surface area contributed by atoms with Crippen LogP contribution in [0.1, 0.15) is 18.9 Å². The van der Waals surface area contributed by atoms with Gasteiger partial charge in [-0.15, -0.1) is 0 Å². The lowest BCUT2D eigenvalue weighted by molar-refractivity contribution is 0.254. The fourth-order valence-electron chi connectivity index (χ4n) is 3.74. The second-order valence-electron chi connectivity index (χ2n) is 7.36. The standard InChI is InChI=1S/C21H18ClFN6O/c22-12-6-13(23)8-16(7-12)30-18-5-11(1-3-26-18)20-19-17(2-4-27-21(19)25)29(28-20)15-9-14(24)10-15/h1-8,14-15H,9-10,24H2,(H2,25,27). The highest BCUT2D eigenvalue weighted by atomic mass is 35.5. The van der Waals surface area contributed by atoms with Gasteiger partial charge in [-0.2, -0.15) is 5.10 Å². The zero-order valence-electron chi connectivity index (χ0n) is 15.8. The van der Waals surface area contributed by atoms with Crippen molar-refractivity contribution < 1.29 is 9.13 Å². The number of benzene rings is 1. The van der Waals surface area contributed by atoms with Crippen LogP contribution in [0, 0.1) is 5.82 Å². The molecule has 0 unspecified atom stereocenters. The van der Waals surface area contributed by atoms with Crippen LogP contribution < -0.4 is 16.2 Å². The lowest BCUT2D eigenvalue weighted by Crippen LogP contribution is -2.38. The van der Waals surface area contributed by atoms with E-state index < -0.39 is 5.82 Å². The number of halogens is 2. The Hall–Kier alpha value is -3.23. The Morgan fingerprint density at radius 1 is 1.10 bits per heavy atom. The number of nitrogens with two attached hydrogens (primary N) is 2. The average molecular weight is 425 g/mol. The third-order valence-electron chi connectivity index (χ3n) is 5.21. The first-order chi connectivity index (χ1) is 14.5. The molecule has 7 nitrogen and oxygen atoms in total. The fourth-order valence-corrected chi connectivity index (χ4v) is 3.95. The lowest BCUT2D eigenvalue weighted by atomic mass is 9.88. The van der Waals surface area contributed by atoms with Crippen molar-refractivity contribution in [3.05, 3.63) is 59.6 Å². The molecule has 152 valence electrons. The molecule has 1 fully saturated rings. The summed E-state index contributed by atoms with van der Waals surface area (Å²) in [6.07, 6.45) is 5.00. The van der Waals surface area contributed by atoms with Crippen LogP contribution >= 0.6 is 11.6 Å². The molecule has 0 amide bonds. The third kappa shape index (κ3) is 3.34. The summed E-state index contributed by atoms with van der Waals surface area (Å²) in [5.74, 6) is 0.444. The van der Waals surface area contributed by atoms with Crippen LogP contribution in [-0.2, 0) is 0 Å². The third-order valence-corrected chi connectivity index (χ3v) is 5.43. The number of nitrogens with zero attached hydrogens (tertiary/aromatic N) is 4. The van der Waals surface area contributed by atoms with E-state index in [1.54, 1.807) is 18.5 Å². The van der Waals surface area contributed by atoms with Crippen LogP contribution in [0.3, 0.4) is 0 Å². The highest BCUT2D eigenvalue weighted by molar-refractivity contribution is 6.30. The molecule has 1 aromatic carbocycles. The molecule has 0 bridgehead atoms. The Morgan fingerprint density at radius 2 is 1.90 bits per heavy atom. The fraction of sp³-hybridized carbons (Fsp3) is 0.190. The van der Waals surface area contributed by atoms with Crippen LogP contribution in [0.5, 0.6) is 11.6 Å². The molecule has 3 heterocycles. The van der Waals surface area contributed by atoms with Crippen LogP contribution in [0.25, 0.3) is 22.2 Å². The van der Waals surface area contributed by atoms with Crippen LogP contribution in [0.4, 0.5) is 10.2 Å². The van der Waals surface area contributed by atoms with E-state index in [2.05, 4.69) is 9.97 Å². The summed E-state index contributed by atoms with van der Waals surface area (Å²) in [7, 11) is 0. The first-order valence-electron chi connectivity index (χ1n) is 9.46. The van der Waals surface area contributed by atoms with E-state index in [4.69, 9.17) is 32.9 Å². The van der Waals surface area contributed by atoms with Crippen molar-refractivity contribution in [2.75, 3.05) is 5.73 Å². The van der Waals surface area contributed by atoms with Gasteiger partial charge in [0.05, 0.1) is 16.9 Å². The molecule has 0 saturated heterocycles. The molecule has 0 spiro atoms. The van der Waals surface area contributed by atoms with E-state index in [1.807, 2.05) is 16.8 Å². The van der Waals surface area contributed by atoms with Gasteiger partial charge in [-0.3, -0.25) is 4.68 Å². The molecule has 5 rings (SSSR count). The summed E-state index contributed by atoms with van der Waals surface area (Å²) >= 11 is 5.91. The van der Waals surface area contributed by atoms with Crippen molar-refractivity contribution in [2.24, 2.45) is 5.73 Å². The number of ether oxygens (including phenoxy) is 1. The monoisotopic (exact) mass is 424 g/mol. The van der Waals surface area contributed by atoms with Gasteiger partial charge in [0.15, 0.2) is 0 Å². The van der Waals surface area contributed by atoms with Crippen molar-refractivity contribution in [3.8, 4) is 22.9 Å². The van der Waals surface area contributed by atoms with E-state index >= 15 is 0 Å². The van der Waals surface area contributed by atoms with Crippen LogP contribution in [-0.4, -0.2) is 25.8 Å². The summed E-state index contributed by atoms with van der Waals surface area (Å²) in [5, 5.41) is 5.84. The van der Waals surface area contributed by atoms with Crippen LogP contribution in [0.2, 0.25) is 5.02 Å². The summed E-state index contributed by atoms with van der Waals surface area (Å²) < 4.78 is 21.3. The first-order valence-corrected chi connectivity index (χ1v) is 9.84. The minimum atomic E-state index is -0.490. The number of nitrogen functional groups attached to an aromatic ring is 1. The first kappa shape index (κ1) is 18.8. The number of hydrogen-bond acceptors (Lipinski definition) is 6. The minimum Gasteiger partial charge on any atom is -0.439 e. The van der Waals surface area contributed by atoms with Crippen molar-refractivity contribution in [3.63, 3.8) is 0 Å². The SMILES string of the molecule is Nc1nccc2c1c(-c1ccnc(Oc3cc(F)cc(Cl)c3)c1)nn2C1CC(N)C1. The maximum absolute atomic E-state index is 13.6. The maximum atomic E-state index is 13.6. The maximum Gasteiger partial charge on any atom is 0.219 e. The molecule has 1 aliphatic carbocycles. The van der Waals surface area contributed by atoms with Gasteiger partial charge in [0.25, 0.3) is 0 Å². The smallest absolute Gasteiger partial charge is 0.219 e. The van der Waals surface area contributed by atoms with Crippen molar-refractivity contribution >= 4 is 28.3 Å². The number of anilines is 1. The van der Waals surface area contributed by atoms with Crippen molar-refractivity contribution in [2.45, 2.75) is 24.9 Å². The van der Waals surface area contributed by atoms with E-state index in [0.29, 0.717) is 11.5 Å². The number of hydrogen-bond donors (Lipinski definition) is 2. The molecule has 3 aromatic heterocycles. The second kappa shape index (κ2) is 7.23. The molecule has 1 aliphatic rings. The minimum absolute atomic E-state index is 0.191. The summed E-state index contributed by atoms with van der Waals surface area (Å²) in [4.78, 5) is 8.45. The van der Waals surface area contributed by atoms with Crippen molar-refractivity contribution in [1.82, 2.24) is 19.7 Å². The zero-order chi connectivity index (χ0) is 20.8. The Morgan fingerprint density at radius 3 is 2.67 bits per heavy atom. The molecule has 0 radical (unpaired) electrons. The van der Waals surface area contributed by atoms with Gasteiger partial charge in [0, 0.05) is 41.2 Å². The molecule has 4 N–H and O–H groups in total. The molecule has 9 heteroatoms. The van der Waals surface area contributed by atoms with Gasteiger partial charge < -0.3 is 16.2 Å². The summed E-state index contributed by atoms with van der Waals surface area (Å²) in [5.41, 5.74) is 14.5. The largest absolute Gasteiger partial charge is 0.439 e. The Bertz CT molecular complexity index is 1230. The zero-order valence-corrected chi connectivity index (χ0v) is 16.6. The van der Waals surface area contributed by atoms with E-state index in [0.717, 1.165) is 29.3 Å². The van der Waals surface area contributed by atoms with E-state index in [9.17, 15) is 4.39 Å². The summed E-state index contributed by atoms with van der Waals surface area (Å²) in [6, 6.07) is 9.83. The van der Waals surface area contributed by atoms with Gasteiger partial charge >= 0.3 is 0 Å². The second-order valence-corrected chi connectivity index (χ2v) is 7.80. The highest BCUT2D eigenvalue weighted by Crippen LogP contribution is 2.38. The molecule has 0 aliphatic heterocycles. The van der Waals surface area contributed by atoms with Gasteiger partial charge in [-0.05, 0) is 37.1 Å². The predicted octanol–water partition coefficient (Wildman–Crippen LogP) is 4.32. The number of fused-ring (bicyclic) bond motifs is 1. The Kier molecular flexibility index (Phi) is 4.52. The van der Waals surface area contributed by atoms with Gasteiger partial charge in [0.1, 0.15) is 23.1 Å². The van der Waals surface area contributed by atoms with Gasteiger partial charge in [0.2, 0.25) is 5.88 Å². The molecular formula is C21H18ClFN6O. The van der Waals surface area contributed by atoms with E-state index in [-0.39, 0.29) is 28.7 Å². The Labute approximate surface area is 176 Å². The Balaban J connectivity index is 1.56. The average Bonchev–Trinajstić information content (AvgIpc) is 3.05. The quantitative estimate of drug-likeness (QED) is 0.505. The highest BCUT2D eigenvalue weighted by Gasteiger charge is 2.30. The normalized spacial score (nSPS) is 18.4. The van der Waals surface area contributed by atoms with Gasteiger partial charge in [-0.1, -0.05) is 11.6 Å². The molecule has 0 atom stereocenters. The number of pyridine rings is 2. The summed E-state index contributed by atoms with van der Waals surface area (Å²) in [6.45, 7) is 0. The number of aromatic nitrogens is 4. The molecule has 30 heavy (non-hydrogen) atoms. The van der Waals surface area contributed by atoms with E-state index in [1.165, 1.54) is 18.2 Å². The molecule has 4 aromatic rings. The van der Waals surface area contributed by atoms with Gasteiger partial charge in [-0.25, -0.2) is 14.4 Å². The lowest BCUT2D eigenvalue weighted by Gasteiger charge is -2.32. The molecule has 1 saturated carbocycles. The topological polar surface area (TPSA) is 105 Å². The number of rotatable bonds is 4. The predicted molar refractivity (Wildman–Crippen MR) is 113 cm³/mol. The molecular weight excluding hydrogens is 407 g/mol.